The van der Waals surface area contributed by atoms with Gasteiger partial charge < -0.3 is 5.73 Å². The predicted molar refractivity (Wildman–Crippen MR) is 78.0 cm³/mol. The van der Waals surface area contributed by atoms with E-state index in [2.05, 4.69) is 32.8 Å². The molecule has 0 aromatic carbocycles. The number of nitrogens with two attached hydrogens (primary N) is 1. The zero-order valence-electron chi connectivity index (χ0n) is 12.0. The summed E-state index contributed by atoms with van der Waals surface area (Å²) in [5.41, 5.74) is 8.32. The van der Waals surface area contributed by atoms with Crippen molar-refractivity contribution in [3.8, 4) is 0 Å². The van der Waals surface area contributed by atoms with Gasteiger partial charge in [0.15, 0.2) is 0 Å². The van der Waals surface area contributed by atoms with Gasteiger partial charge in [0.05, 0.1) is 16.4 Å². The van der Waals surface area contributed by atoms with Crippen LogP contribution >= 0.6 is 11.6 Å². The van der Waals surface area contributed by atoms with Crippen LogP contribution < -0.4 is 5.73 Å². The molecule has 1 heterocycles. The standard InChI is InChI=1S/C14H26ClN3/c1-5-10(4)8-11(16)9-13-14(15)12(6-2)17-18(13)7-3/h10-11H,5-9,16H2,1-4H3. The first kappa shape index (κ1) is 15.5. The fraction of sp³-hybridized carbons (Fsp3) is 0.786. The van der Waals surface area contributed by atoms with Crippen molar-refractivity contribution < 1.29 is 0 Å². The van der Waals surface area contributed by atoms with Crippen LogP contribution in [-0.2, 0) is 19.4 Å². The summed E-state index contributed by atoms with van der Waals surface area (Å²) in [4.78, 5) is 0. The lowest BCUT2D eigenvalue weighted by molar-refractivity contribution is 0.441. The van der Waals surface area contributed by atoms with Crippen molar-refractivity contribution in [1.82, 2.24) is 9.78 Å². The highest BCUT2D eigenvalue weighted by atomic mass is 35.5. The molecule has 1 aromatic rings. The van der Waals surface area contributed by atoms with Gasteiger partial charge in [-0.1, -0.05) is 38.8 Å². The quantitative estimate of drug-likeness (QED) is 0.826. The number of aromatic nitrogens is 2. The summed E-state index contributed by atoms with van der Waals surface area (Å²) in [6, 6.07) is 0.171. The number of rotatable bonds is 7. The monoisotopic (exact) mass is 271 g/mol. The Morgan fingerprint density at radius 3 is 2.50 bits per heavy atom. The van der Waals surface area contributed by atoms with Crippen LogP contribution in [0.1, 0.15) is 51.9 Å². The minimum absolute atomic E-state index is 0.171. The van der Waals surface area contributed by atoms with Crippen molar-refractivity contribution in [2.24, 2.45) is 11.7 Å². The summed E-state index contributed by atoms with van der Waals surface area (Å²) >= 11 is 6.38. The summed E-state index contributed by atoms with van der Waals surface area (Å²) in [6.45, 7) is 9.47. The van der Waals surface area contributed by atoms with Crippen molar-refractivity contribution in [2.45, 2.75) is 66.0 Å². The molecule has 0 fully saturated rings. The molecule has 2 atom stereocenters. The third kappa shape index (κ3) is 3.72. The van der Waals surface area contributed by atoms with Crippen molar-refractivity contribution in [3.63, 3.8) is 0 Å². The van der Waals surface area contributed by atoms with E-state index in [4.69, 9.17) is 17.3 Å². The topological polar surface area (TPSA) is 43.8 Å². The van der Waals surface area contributed by atoms with E-state index in [9.17, 15) is 0 Å². The molecule has 0 aliphatic heterocycles. The van der Waals surface area contributed by atoms with Crippen LogP contribution in [0.2, 0.25) is 5.02 Å². The Bertz CT molecular complexity index is 373. The van der Waals surface area contributed by atoms with E-state index >= 15 is 0 Å². The van der Waals surface area contributed by atoms with Gasteiger partial charge in [0, 0.05) is 19.0 Å². The van der Waals surface area contributed by atoms with E-state index < -0.39 is 0 Å². The molecule has 0 aliphatic rings. The molecule has 0 spiro atoms. The molecule has 0 bridgehead atoms. The lowest BCUT2D eigenvalue weighted by atomic mass is 9.97. The molecule has 0 aliphatic carbocycles. The number of aryl methyl sites for hydroxylation is 2. The normalized spacial score (nSPS) is 14.8. The van der Waals surface area contributed by atoms with E-state index in [-0.39, 0.29) is 6.04 Å². The van der Waals surface area contributed by atoms with Crippen LogP contribution in [0.3, 0.4) is 0 Å². The molecule has 1 rings (SSSR count). The third-order valence-electron chi connectivity index (χ3n) is 3.55. The zero-order valence-corrected chi connectivity index (χ0v) is 12.8. The molecule has 0 saturated carbocycles. The second kappa shape index (κ2) is 7.15. The van der Waals surface area contributed by atoms with Crippen molar-refractivity contribution in [1.29, 1.82) is 0 Å². The first-order valence-electron chi connectivity index (χ1n) is 7.02. The van der Waals surface area contributed by atoms with E-state index in [1.54, 1.807) is 0 Å². The Balaban J connectivity index is 2.79. The highest BCUT2D eigenvalue weighted by molar-refractivity contribution is 6.31. The summed E-state index contributed by atoms with van der Waals surface area (Å²) in [5, 5.41) is 5.35. The molecule has 2 unspecified atom stereocenters. The maximum absolute atomic E-state index is 6.38. The van der Waals surface area contributed by atoms with Gasteiger partial charge in [-0.25, -0.2) is 0 Å². The molecule has 0 saturated heterocycles. The van der Waals surface area contributed by atoms with Crippen LogP contribution in [0.5, 0.6) is 0 Å². The Morgan fingerprint density at radius 2 is 2.00 bits per heavy atom. The molecule has 18 heavy (non-hydrogen) atoms. The van der Waals surface area contributed by atoms with Crippen LogP contribution in [0.25, 0.3) is 0 Å². The summed E-state index contributed by atoms with van der Waals surface area (Å²) in [6.07, 6.45) is 3.92. The van der Waals surface area contributed by atoms with Gasteiger partial charge >= 0.3 is 0 Å². The Morgan fingerprint density at radius 1 is 1.33 bits per heavy atom. The first-order chi connectivity index (χ1) is 8.53. The second-order valence-corrected chi connectivity index (χ2v) is 5.47. The van der Waals surface area contributed by atoms with Gasteiger partial charge in [0.25, 0.3) is 0 Å². The molecular formula is C14H26ClN3. The third-order valence-corrected chi connectivity index (χ3v) is 3.99. The molecule has 0 radical (unpaired) electrons. The molecule has 3 nitrogen and oxygen atoms in total. The van der Waals surface area contributed by atoms with Gasteiger partial charge in [0.2, 0.25) is 0 Å². The van der Waals surface area contributed by atoms with Crippen LogP contribution in [0.4, 0.5) is 0 Å². The smallest absolute Gasteiger partial charge is 0.0850 e. The van der Waals surface area contributed by atoms with Crippen LogP contribution in [0.15, 0.2) is 0 Å². The van der Waals surface area contributed by atoms with Crippen molar-refractivity contribution in [3.05, 3.63) is 16.4 Å². The van der Waals surface area contributed by atoms with Gasteiger partial charge in [-0.05, 0) is 25.7 Å². The minimum atomic E-state index is 0.171. The average molecular weight is 272 g/mol. The van der Waals surface area contributed by atoms with Crippen LogP contribution in [0, 0.1) is 5.92 Å². The maximum Gasteiger partial charge on any atom is 0.0850 e. The Labute approximate surface area is 116 Å². The van der Waals surface area contributed by atoms with E-state index in [1.165, 1.54) is 6.42 Å². The highest BCUT2D eigenvalue weighted by Crippen LogP contribution is 2.24. The van der Waals surface area contributed by atoms with Gasteiger partial charge in [-0.3, -0.25) is 4.68 Å². The lowest BCUT2D eigenvalue weighted by Gasteiger charge is -2.16. The van der Waals surface area contributed by atoms with Crippen LogP contribution in [-0.4, -0.2) is 15.8 Å². The number of halogens is 1. The van der Waals surface area contributed by atoms with Gasteiger partial charge in [-0.2, -0.15) is 5.10 Å². The molecule has 104 valence electrons. The fourth-order valence-electron chi connectivity index (χ4n) is 2.23. The van der Waals surface area contributed by atoms with E-state index in [0.717, 1.165) is 42.2 Å². The first-order valence-corrected chi connectivity index (χ1v) is 7.40. The summed E-state index contributed by atoms with van der Waals surface area (Å²) in [5.74, 6) is 0.669. The summed E-state index contributed by atoms with van der Waals surface area (Å²) < 4.78 is 2.00. The summed E-state index contributed by atoms with van der Waals surface area (Å²) in [7, 11) is 0. The minimum Gasteiger partial charge on any atom is -0.327 e. The number of hydrogen-bond donors (Lipinski definition) is 1. The molecule has 4 heteroatoms. The molecular weight excluding hydrogens is 246 g/mol. The zero-order chi connectivity index (χ0) is 13.7. The number of nitrogens with zero attached hydrogens (tertiary/aromatic N) is 2. The average Bonchev–Trinajstić information content (AvgIpc) is 2.66. The highest BCUT2D eigenvalue weighted by Gasteiger charge is 2.17. The maximum atomic E-state index is 6.38. The fourth-order valence-corrected chi connectivity index (χ4v) is 2.57. The lowest BCUT2D eigenvalue weighted by Crippen LogP contribution is -2.26. The molecule has 2 N–H and O–H groups in total. The molecule has 0 amide bonds. The van der Waals surface area contributed by atoms with E-state index in [1.807, 2.05) is 4.68 Å². The Hall–Kier alpha value is -0.540. The Kier molecular flexibility index (Phi) is 6.16. The second-order valence-electron chi connectivity index (χ2n) is 5.09. The van der Waals surface area contributed by atoms with Crippen molar-refractivity contribution >= 4 is 11.6 Å². The predicted octanol–water partition coefficient (Wildman–Crippen LogP) is 3.42. The number of hydrogen-bond acceptors (Lipinski definition) is 2. The van der Waals surface area contributed by atoms with Gasteiger partial charge in [-0.15, -0.1) is 0 Å². The SMILES string of the molecule is CCc1nn(CC)c(CC(N)CC(C)CC)c1Cl. The van der Waals surface area contributed by atoms with E-state index in [0.29, 0.717) is 5.92 Å². The van der Waals surface area contributed by atoms with Crippen molar-refractivity contribution in [2.75, 3.05) is 0 Å². The molecule has 1 aromatic heterocycles. The largest absolute Gasteiger partial charge is 0.327 e. The van der Waals surface area contributed by atoms with Gasteiger partial charge in [0.1, 0.15) is 0 Å².